The minimum atomic E-state index is 0.0601. The summed E-state index contributed by atoms with van der Waals surface area (Å²) in [6.45, 7) is 0. The second kappa shape index (κ2) is 7.85. The van der Waals surface area contributed by atoms with Gasteiger partial charge in [0, 0.05) is 51.9 Å². The molecule has 6 heterocycles. The van der Waals surface area contributed by atoms with Crippen molar-refractivity contribution in [2.45, 2.75) is 12.8 Å². The quantitative estimate of drug-likeness (QED) is 0.297. The highest BCUT2D eigenvalue weighted by Gasteiger charge is 2.29. The summed E-state index contributed by atoms with van der Waals surface area (Å²) in [5.41, 5.74) is 6.83. The number of fused-ring (bicyclic) bond motifs is 2. The minimum Gasteiger partial charge on any atom is -0.353 e. The zero-order valence-corrected chi connectivity index (χ0v) is 19.3. The van der Waals surface area contributed by atoms with E-state index in [-0.39, 0.29) is 11.8 Å². The molecule has 35 heavy (non-hydrogen) atoms. The van der Waals surface area contributed by atoms with Gasteiger partial charge in [-0.2, -0.15) is 5.10 Å². The van der Waals surface area contributed by atoms with Gasteiger partial charge in [-0.15, -0.1) is 11.3 Å². The summed E-state index contributed by atoms with van der Waals surface area (Å²) in [7, 11) is 0. The van der Waals surface area contributed by atoms with Gasteiger partial charge in [-0.1, -0.05) is 6.07 Å². The molecule has 7 rings (SSSR count). The van der Waals surface area contributed by atoms with Crippen molar-refractivity contribution in [1.82, 2.24) is 30.1 Å². The molecule has 0 saturated heterocycles. The Balaban J connectivity index is 1.29. The number of carbonyl (C=O) groups excluding carboxylic acids is 1. The molecule has 1 saturated carbocycles. The summed E-state index contributed by atoms with van der Waals surface area (Å²) in [6.07, 6.45) is 8.97. The Labute approximate surface area is 203 Å². The van der Waals surface area contributed by atoms with Crippen molar-refractivity contribution in [3.05, 3.63) is 66.6 Å². The number of rotatable bonds is 5. The molecular formula is C26H19N7OS. The molecule has 6 aromatic rings. The molecule has 1 amide bonds. The molecule has 1 aliphatic rings. The van der Waals surface area contributed by atoms with Gasteiger partial charge in [-0.25, -0.2) is 4.98 Å². The molecule has 1 aliphatic carbocycles. The Morgan fingerprint density at radius 3 is 2.80 bits per heavy atom. The number of hydrogen-bond donors (Lipinski definition) is 3. The Morgan fingerprint density at radius 2 is 1.94 bits per heavy atom. The number of amides is 1. The van der Waals surface area contributed by atoms with Gasteiger partial charge < -0.3 is 10.3 Å². The van der Waals surface area contributed by atoms with Gasteiger partial charge in [-0.3, -0.25) is 19.9 Å². The van der Waals surface area contributed by atoms with Crippen LogP contribution in [0, 0.1) is 5.92 Å². The van der Waals surface area contributed by atoms with E-state index >= 15 is 0 Å². The molecule has 0 atom stereocenters. The van der Waals surface area contributed by atoms with E-state index in [2.05, 4.69) is 59.0 Å². The first kappa shape index (κ1) is 20.0. The summed E-state index contributed by atoms with van der Waals surface area (Å²) in [6, 6.07) is 12.2. The standard InChI is InChI=1S/C26H19N7OS/c34-26(14-3-4-14)30-17-8-15(11-27-13-17)16-9-19-23(32-33-25(19)29-12-16)21-10-18-20(31-21)5-6-28-24(18)22-2-1-7-35-22/h1-2,5-14,31H,3-4H2,(H,30,34)(H,29,32,33). The number of nitrogens with zero attached hydrogens (tertiary/aromatic N) is 4. The first-order valence-electron chi connectivity index (χ1n) is 11.4. The second-order valence-corrected chi connectivity index (χ2v) is 9.65. The highest BCUT2D eigenvalue weighted by Crippen LogP contribution is 2.35. The van der Waals surface area contributed by atoms with Gasteiger partial charge in [0.1, 0.15) is 0 Å². The molecule has 8 nitrogen and oxygen atoms in total. The lowest BCUT2D eigenvalue weighted by atomic mass is 10.1. The van der Waals surface area contributed by atoms with Crippen LogP contribution >= 0.6 is 11.3 Å². The molecule has 0 radical (unpaired) electrons. The summed E-state index contributed by atoms with van der Waals surface area (Å²) >= 11 is 1.67. The summed E-state index contributed by atoms with van der Waals surface area (Å²) < 4.78 is 0. The number of anilines is 1. The van der Waals surface area contributed by atoms with Crippen LogP contribution in [-0.2, 0) is 4.79 Å². The molecular weight excluding hydrogens is 458 g/mol. The van der Waals surface area contributed by atoms with Crippen LogP contribution in [0.15, 0.2) is 66.6 Å². The lowest BCUT2D eigenvalue weighted by molar-refractivity contribution is -0.117. The van der Waals surface area contributed by atoms with Crippen molar-refractivity contribution in [3.8, 4) is 33.1 Å². The van der Waals surface area contributed by atoms with E-state index in [0.29, 0.717) is 11.3 Å². The first-order valence-corrected chi connectivity index (χ1v) is 12.2. The highest BCUT2D eigenvalue weighted by molar-refractivity contribution is 7.13. The number of H-pyrrole nitrogens is 2. The second-order valence-electron chi connectivity index (χ2n) is 8.70. The fourth-order valence-electron chi connectivity index (χ4n) is 4.32. The van der Waals surface area contributed by atoms with Crippen LogP contribution in [0.4, 0.5) is 5.69 Å². The van der Waals surface area contributed by atoms with Gasteiger partial charge in [0.05, 0.1) is 33.8 Å². The van der Waals surface area contributed by atoms with Gasteiger partial charge in [0.25, 0.3) is 0 Å². The van der Waals surface area contributed by atoms with E-state index in [4.69, 9.17) is 0 Å². The van der Waals surface area contributed by atoms with Crippen LogP contribution in [0.25, 0.3) is 55.0 Å². The largest absolute Gasteiger partial charge is 0.353 e. The lowest BCUT2D eigenvalue weighted by Gasteiger charge is -2.07. The van der Waals surface area contributed by atoms with Gasteiger partial charge in [-0.05, 0) is 48.6 Å². The van der Waals surface area contributed by atoms with Crippen molar-refractivity contribution < 1.29 is 4.79 Å². The first-order chi connectivity index (χ1) is 17.2. The van der Waals surface area contributed by atoms with Crippen LogP contribution in [0.2, 0.25) is 0 Å². The third kappa shape index (κ3) is 3.57. The van der Waals surface area contributed by atoms with E-state index in [1.165, 1.54) is 0 Å². The minimum absolute atomic E-state index is 0.0601. The van der Waals surface area contributed by atoms with Gasteiger partial charge in [0.2, 0.25) is 5.91 Å². The van der Waals surface area contributed by atoms with Gasteiger partial charge >= 0.3 is 0 Å². The number of aromatic nitrogens is 6. The average Bonchev–Trinajstić information content (AvgIpc) is 3.26. The third-order valence-corrected chi connectivity index (χ3v) is 7.15. The number of thiophene rings is 1. The summed E-state index contributed by atoms with van der Waals surface area (Å²) in [5, 5.41) is 14.5. The monoisotopic (exact) mass is 477 g/mol. The van der Waals surface area contributed by atoms with E-state index in [9.17, 15) is 4.79 Å². The van der Waals surface area contributed by atoms with Crippen LogP contribution in [0.3, 0.4) is 0 Å². The Bertz CT molecular complexity index is 1710. The Morgan fingerprint density at radius 1 is 1.03 bits per heavy atom. The van der Waals surface area contributed by atoms with Crippen molar-refractivity contribution in [3.63, 3.8) is 0 Å². The van der Waals surface area contributed by atoms with Crippen molar-refractivity contribution in [1.29, 1.82) is 0 Å². The number of pyridine rings is 3. The molecule has 0 aliphatic heterocycles. The summed E-state index contributed by atoms with van der Waals surface area (Å²) in [5.74, 6) is 0.196. The summed E-state index contributed by atoms with van der Waals surface area (Å²) in [4.78, 5) is 30.3. The fraction of sp³-hybridized carbons (Fsp3) is 0.115. The van der Waals surface area contributed by atoms with Crippen LogP contribution in [-0.4, -0.2) is 36.0 Å². The number of carbonyl (C=O) groups is 1. The Hall–Kier alpha value is -4.37. The molecule has 9 heteroatoms. The predicted molar refractivity (Wildman–Crippen MR) is 137 cm³/mol. The SMILES string of the molecule is O=C(Nc1cncc(-c2cnc3n[nH]c(-c4cc5c(-c6cccs6)nccc5[nH]4)c3c2)c1)C1CC1. The predicted octanol–water partition coefficient (Wildman–Crippen LogP) is 5.64. The van der Waals surface area contributed by atoms with Crippen LogP contribution < -0.4 is 5.32 Å². The average molecular weight is 478 g/mol. The fourth-order valence-corrected chi connectivity index (χ4v) is 5.05. The zero-order valence-electron chi connectivity index (χ0n) is 18.4. The maximum atomic E-state index is 12.2. The highest BCUT2D eigenvalue weighted by atomic mass is 32.1. The number of hydrogen-bond acceptors (Lipinski definition) is 6. The topological polar surface area (TPSA) is 112 Å². The normalized spacial score (nSPS) is 13.5. The van der Waals surface area contributed by atoms with Crippen molar-refractivity contribution >= 4 is 44.9 Å². The van der Waals surface area contributed by atoms with Crippen molar-refractivity contribution in [2.24, 2.45) is 5.92 Å². The third-order valence-electron chi connectivity index (χ3n) is 6.27. The molecule has 0 aromatic carbocycles. The Kier molecular flexibility index (Phi) is 4.49. The maximum Gasteiger partial charge on any atom is 0.227 e. The molecule has 3 N–H and O–H groups in total. The number of nitrogens with one attached hydrogen (secondary N) is 3. The lowest BCUT2D eigenvalue weighted by Crippen LogP contribution is -2.13. The van der Waals surface area contributed by atoms with Crippen molar-refractivity contribution in [2.75, 3.05) is 5.32 Å². The molecule has 6 aromatic heterocycles. The van der Waals surface area contributed by atoms with E-state index in [1.54, 1.807) is 29.9 Å². The van der Waals surface area contributed by atoms with Crippen LogP contribution in [0.5, 0.6) is 0 Å². The molecule has 170 valence electrons. The van der Waals surface area contributed by atoms with Crippen LogP contribution in [0.1, 0.15) is 12.8 Å². The molecule has 0 unspecified atom stereocenters. The molecule has 0 bridgehead atoms. The number of aromatic amines is 2. The zero-order chi connectivity index (χ0) is 23.4. The van der Waals surface area contributed by atoms with Gasteiger partial charge in [0.15, 0.2) is 5.65 Å². The van der Waals surface area contributed by atoms with E-state index in [1.807, 2.05) is 24.4 Å². The van der Waals surface area contributed by atoms with E-state index in [0.717, 1.165) is 62.2 Å². The smallest absolute Gasteiger partial charge is 0.227 e. The molecule has 0 spiro atoms. The maximum absolute atomic E-state index is 12.2. The molecule has 1 fully saturated rings. The van der Waals surface area contributed by atoms with E-state index < -0.39 is 0 Å².